The van der Waals surface area contributed by atoms with Crippen molar-refractivity contribution in [3.05, 3.63) is 70.7 Å². The number of aromatic nitrogens is 3. The molecule has 7 nitrogen and oxygen atoms in total. The Labute approximate surface area is 179 Å². The molecule has 1 amide bonds. The zero-order valence-corrected chi connectivity index (χ0v) is 17.8. The summed E-state index contributed by atoms with van der Waals surface area (Å²) >= 11 is 1.72. The van der Waals surface area contributed by atoms with Gasteiger partial charge in [0.2, 0.25) is 0 Å². The third-order valence-electron chi connectivity index (χ3n) is 4.73. The smallest absolute Gasteiger partial charge is 0.251 e. The molecule has 0 radical (unpaired) electrons. The molecule has 0 aliphatic rings. The van der Waals surface area contributed by atoms with Crippen molar-refractivity contribution in [3.8, 4) is 11.1 Å². The fourth-order valence-corrected chi connectivity index (χ4v) is 3.76. The first kappa shape index (κ1) is 20.1. The maximum atomic E-state index is 12.3. The summed E-state index contributed by atoms with van der Waals surface area (Å²) < 4.78 is 1.81. The summed E-state index contributed by atoms with van der Waals surface area (Å²) in [7, 11) is 3.96. The Morgan fingerprint density at radius 2 is 2.00 bits per heavy atom. The van der Waals surface area contributed by atoms with Crippen LogP contribution in [0.4, 0.5) is 5.82 Å². The highest BCUT2D eigenvalue weighted by molar-refractivity contribution is 7.09. The lowest BCUT2D eigenvalue weighted by molar-refractivity contribution is 0.0951. The number of hydrogen-bond acceptors (Lipinski definition) is 6. The van der Waals surface area contributed by atoms with Gasteiger partial charge in [-0.3, -0.25) is 4.79 Å². The molecular weight excluding hydrogens is 396 g/mol. The molecule has 1 aromatic carbocycles. The van der Waals surface area contributed by atoms with Crippen LogP contribution in [-0.2, 0) is 6.54 Å². The number of anilines is 1. The second kappa shape index (κ2) is 9.06. The Hall–Kier alpha value is -3.23. The number of carbonyl (C=O) groups excluding carboxylic acids is 1. The summed E-state index contributed by atoms with van der Waals surface area (Å²) in [5.41, 5.74) is 3.31. The van der Waals surface area contributed by atoms with Crippen molar-refractivity contribution < 1.29 is 4.79 Å². The first-order chi connectivity index (χ1) is 14.6. The van der Waals surface area contributed by atoms with Crippen LogP contribution in [0.15, 0.2) is 60.2 Å². The van der Waals surface area contributed by atoms with Gasteiger partial charge < -0.3 is 15.5 Å². The first-order valence-electron chi connectivity index (χ1n) is 9.74. The molecule has 8 heteroatoms. The molecule has 0 spiro atoms. The number of fused-ring (bicyclic) bond motifs is 1. The molecular formula is C22H24N6OS. The van der Waals surface area contributed by atoms with Crippen molar-refractivity contribution in [2.75, 3.05) is 32.5 Å². The Balaban J connectivity index is 1.50. The van der Waals surface area contributed by atoms with Crippen molar-refractivity contribution in [3.63, 3.8) is 0 Å². The van der Waals surface area contributed by atoms with Crippen LogP contribution in [0, 0.1) is 0 Å². The van der Waals surface area contributed by atoms with Crippen LogP contribution in [0.5, 0.6) is 0 Å². The van der Waals surface area contributed by atoms with Crippen LogP contribution < -0.4 is 10.6 Å². The predicted octanol–water partition coefficient (Wildman–Crippen LogP) is 3.36. The number of nitrogens with zero attached hydrogens (tertiary/aromatic N) is 4. The minimum absolute atomic E-state index is 0.0681. The van der Waals surface area contributed by atoms with E-state index in [0.717, 1.165) is 35.7 Å². The summed E-state index contributed by atoms with van der Waals surface area (Å²) in [5.74, 6) is 0.818. The summed E-state index contributed by atoms with van der Waals surface area (Å²) in [6, 6.07) is 13.6. The van der Waals surface area contributed by atoms with Gasteiger partial charge in [0.05, 0.1) is 12.7 Å². The Bertz CT molecular complexity index is 1120. The van der Waals surface area contributed by atoms with Crippen LogP contribution in [0.3, 0.4) is 0 Å². The Kier molecular flexibility index (Phi) is 6.06. The highest BCUT2D eigenvalue weighted by Gasteiger charge is 2.12. The number of carbonyl (C=O) groups is 1. The van der Waals surface area contributed by atoms with Crippen molar-refractivity contribution in [2.45, 2.75) is 6.54 Å². The molecule has 3 heterocycles. The highest BCUT2D eigenvalue weighted by atomic mass is 32.1. The molecule has 0 aliphatic carbocycles. The van der Waals surface area contributed by atoms with Gasteiger partial charge in [0.15, 0.2) is 5.65 Å². The Morgan fingerprint density at radius 1 is 1.17 bits per heavy atom. The molecule has 0 saturated carbocycles. The van der Waals surface area contributed by atoms with Crippen LogP contribution in [-0.4, -0.2) is 52.6 Å². The molecule has 0 atom stereocenters. The van der Waals surface area contributed by atoms with E-state index >= 15 is 0 Å². The second-order valence-electron chi connectivity index (χ2n) is 7.19. The molecule has 2 N–H and O–H groups in total. The van der Waals surface area contributed by atoms with E-state index < -0.39 is 0 Å². The monoisotopic (exact) mass is 420 g/mol. The first-order valence-corrected chi connectivity index (χ1v) is 10.6. The number of nitrogens with one attached hydrogen (secondary N) is 2. The van der Waals surface area contributed by atoms with Crippen molar-refractivity contribution in [1.29, 1.82) is 0 Å². The average Bonchev–Trinajstić information content (AvgIpc) is 3.42. The molecule has 0 bridgehead atoms. The lowest BCUT2D eigenvalue weighted by Crippen LogP contribution is -2.31. The van der Waals surface area contributed by atoms with Gasteiger partial charge in [-0.25, -0.2) is 4.98 Å². The number of hydrogen-bond donors (Lipinski definition) is 2. The van der Waals surface area contributed by atoms with E-state index in [1.54, 1.807) is 17.5 Å². The van der Waals surface area contributed by atoms with E-state index in [0.29, 0.717) is 12.1 Å². The molecule has 0 saturated heterocycles. The van der Waals surface area contributed by atoms with E-state index in [2.05, 4.69) is 32.2 Å². The standard InChI is InChI=1S/C22H24N6OS/c1-27(2)12-11-24-22(29)17-7-5-16(6-8-17)19-15-26-28-20(9-10-23-21(19)28)25-14-18-4-3-13-30-18/h3-10,13,15,25H,11-12,14H2,1-2H3,(H,24,29). The van der Waals surface area contributed by atoms with Gasteiger partial charge in [0, 0.05) is 35.3 Å². The van der Waals surface area contributed by atoms with Crippen molar-refractivity contribution in [1.82, 2.24) is 24.8 Å². The lowest BCUT2D eigenvalue weighted by Gasteiger charge is -2.10. The van der Waals surface area contributed by atoms with Crippen LogP contribution in [0.1, 0.15) is 15.2 Å². The number of likely N-dealkylation sites (N-methyl/N-ethyl adjacent to an activating group) is 1. The maximum Gasteiger partial charge on any atom is 0.251 e. The van der Waals surface area contributed by atoms with Gasteiger partial charge in [-0.1, -0.05) is 18.2 Å². The number of amides is 1. The summed E-state index contributed by atoms with van der Waals surface area (Å²) in [6.07, 6.45) is 3.59. The predicted molar refractivity (Wildman–Crippen MR) is 121 cm³/mol. The van der Waals surface area contributed by atoms with Crippen LogP contribution in [0.25, 0.3) is 16.8 Å². The largest absolute Gasteiger partial charge is 0.365 e. The fourth-order valence-electron chi connectivity index (χ4n) is 3.12. The van der Waals surface area contributed by atoms with E-state index in [1.165, 1.54) is 4.88 Å². The minimum Gasteiger partial charge on any atom is -0.365 e. The quantitative estimate of drug-likeness (QED) is 0.457. The van der Waals surface area contributed by atoms with E-state index in [-0.39, 0.29) is 5.91 Å². The molecule has 0 aliphatic heterocycles. The van der Waals surface area contributed by atoms with Crippen LogP contribution in [0.2, 0.25) is 0 Å². The summed E-state index contributed by atoms with van der Waals surface area (Å²) in [6.45, 7) is 2.16. The number of rotatable bonds is 8. The van der Waals surface area contributed by atoms with Crippen LogP contribution >= 0.6 is 11.3 Å². The minimum atomic E-state index is -0.0681. The highest BCUT2D eigenvalue weighted by Crippen LogP contribution is 2.25. The molecule has 0 fully saturated rings. The van der Waals surface area contributed by atoms with Gasteiger partial charge in [-0.05, 0) is 49.3 Å². The lowest BCUT2D eigenvalue weighted by atomic mass is 10.1. The number of thiophene rings is 1. The molecule has 3 aromatic heterocycles. The van der Waals surface area contributed by atoms with E-state index in [4.69, 9.17) is 0 Å². The van der Waals surface area contributed by atoms with Gasteiger partial charge in [-0.2, -0.15) is 9.61 Å². The topological polar surface area (TPSA) is 74.6 Å². The van der Waals surface area contributed by atoms with Gasteiger partial charge >= 0.3 is 0 Å². The molecule has 4 rings (SSSR count). The third-order valence-corrected chi connectivity index (χ3v) is 5.60. The molecule has 0 unspecified atom stereocenters. The maximum absolute atomic E-state index is 12.3. The van der Waals surface area contributed by atoms with E-state index in [9.17, 15) is 4.79 Å². The molecule has 154 valence electrons. The van der Waals surface area contributed by atoms with Crippen molar-refractivity contribution in [2.24, 2.45) is 0 Å². The fraction of sp³-hybridized carbons (Fsp3) is 0.227. The number of benzene rings is 1. The SMILES string of the molecule is CN(C)CCNC(=O)c1ccc(-c2cnn3c(NCc4cccs4)ccnc23)cc1. The molecule has 4 aromatic rings. The van der Waals surface area contributed by atoms with Gasteiger partial charge in [0.1, 0.15) is 5.82 Å². The zero-order chi connectivity index (χ0) is 20.9. The second-order valence-corrected chi connectivity index (χ2v) is 8.23. The van der Waals surface area contributed by atoms with Gasteiger partial charge in [0.25, 0.3) is 5.91 Å². The normalized spacial score (nSPS) is 11.2. The van der Waals surface area contributed by atoms with Gasteiger partial charge in [-0.15, -0.1) is 11.3 Å². The summed E-state index contributed by atoms with van der Waals surface area (Å²) in [5, 5.41) is 12.9. The average molecular weight is 421 g/mol. The summed E-state index contributed by atoms with van der Waals surface area (Å²) in [4.78, 5) is 20.1. The molecule has 30 heavy (non-hydrogen) atoms. The van der Waals surface area contributed by atoms with Crippen molar-refractivity contribution >= 4 is 28.7 Å². The van der Waals surface area contributed by atoms with E-state index in [1.807, 2.05) is 66.1 Å². The Morgan fingerprint density at radius 3 is 2.73 bits per heavy atom. The zero-order valence-electron chi connectivity index (χ0n) is 17.0. The third kappa shape index (κ3) is 4.50.